The molecule has 0 saturated carbocycles. The lowest BCUT2D eigenvalue weighted by Gasteiger charge is -2.07. The van der Waals surface area contributed by atoms with Crippen LogP contribution in [0.4, 0.5) is 5.69 Å². The molecule has 0 unspecified atom stereocenters. The molecule has 1 amide bonds. The summed E-state index contributed by atoms with van der Waals surface area (Å²) in [5.41, 5.74) is 1.90. The monoisotopic (exact) mass is 336 g/mol. The maximum atomic E-state index is 11.5. The molecule has 18 heavy (non-hydrogen) atoms. The first-order chi connectivity index (χ1) is 8.13. The first kappa shape index (κ1) is 17.4. The first-order valence-electron chi connectivity index (χ1n) is 5.39. The fourth-order valence-corrected chi connectivity index (χ4v) is 1.55. The molecule has 0 aliphatic carbocycles. The topological polar surface area (TPSA) is 50.4 Å². The first-order valence-corrected chi connectivity index (χ1v) is 6.18. The average Bonchev–Trinajstić information content (AvgIpc) is 2.30. The molecule has 0 heterocycles. The zero-order chi connectivity index (χ0) is 12.7. The molecule has 1 aromatic rings. The summed E-state index contributed by atoms with van der Waals surface area (Å²) in [6, 6.07) is 5.71. The van der Waals surface area contributed by atoms with E-state index < -0.39 is 0 Å². The molecule has 0 fully saturated rings. The molecular weight excluding hydrogens is 320 g/mol. The zero-order valence-electron chi connectivity index (χ0n) is 10.5. The molecule has 4 nitrogen and oxygen atoms in total. The van der Waals surface area contributed by atoms with E-state index in [1.54, 1.807) is 7.11 Å². The van der Waals surface area contributed by atoms with Gasteiger partial charge >= 0.3 is 0 Å². The predicted molar refractivity (Wildman–Crippen MR) is 79.5 cm³/mol. The highest BCUT2D eigenvalue weighted by atomic mass is 79.9. The van der Waals surface area contributed by atoms with Crippen molar-refractivity contribution in [2.24, 2.45) is 0 Å². The number of anilines is 1. The SMILES string of the molecule is COCCNCC(=O)Nc1ccc(Br)c(C)c1.Cl. The highest BCUT2D eigenvalue weighted by Crippen LogP contribution is 2.19. The Bertz CT molecular complexity index is 388. The van der Waals surface area contributed by atoms with Crippen LogP contribution in [0.1, 0.15) is 5.56 Å². The van der Waals surface area contributed by atoms with E-state index in [1.165, 1.54) is 0 Å². The van der Waals surface area contributed by atoms with Gasteiger partial charge in [-0.1, -0.05) is 15.9 Å². The van der Waals surface area contributed by atoms with Crippen LogP contribution in [0.2, 0.25) is 0 Å². The van der Waals surface area contributed by atoms with Gasteiger partial charge in [-0.25, -0.2) is 0 Å². The fourth-order valence-electron chi connectivity index (χ4n) is 1.30. The van der Waals surface area contributed by atoms with Crippen LogP contribution < -0.4 is 10.6 Å². The van der Waals surface area contributed by atoms with Crippen molar-refractivity contribution in [3.63, 3.8) is 0 Å². The molecule has 0 aromatic heterocycles. The Morgan fingerprint density at radius 2 is 2.17 bits per heavy atom. The van der Waals surface area contributed by atoms with E-state index in [1.807, 2.05) is 25.1 Å². The van der Waals surface area contributed by atoms with E-state index >= 15 is 0 Å². The van der Waals surface area contributed by atoms with Crippen molar-refractivity contribution in [3.05, 3.63) is 28.2 Å². The quantitative estimate of drug-likeness (QED) is 0.784. The number of carbonyl (C=O) groups is 1. The summed E-state index contributed by atoms with van der Waals surface area (Å²) in [5.74, 6) is -0.0529. The highest BCUT2D eigenvalue weighted by Gasteiger charge is 2.02. The van der Waals surface area contributed by atoms with Gasteiger partial charge in [-0.15, -0.1) is 12.4 Å². The smallest absolute Gasteiger partial charge is 0.238 e. The van der Waals surface area contributed by atoms with Gasteiger partial charge in [0.05, 0.1) is 13.2 Å². The maximum Gasteiger partial charge on any atom is 0.238 e. The van der Waals surface area contributed by atoms with Crippen LogP contribution in [-0.4, -0.2) is 32.7 Å². The van der Waals surface area contributed by atoms with Crippen molar-refractivity contribution in [1.29, 1.82) is 0 Å². The maximum absolute atomic E-state index is 11.5. The van der Waals surface area contributed by atoms with Crippen molar-refractivity contribution < 1.29 is 9.53 Å². The van der Waals surface area contributed by atoms with Crippen molar-refractivity contribution in [2.45, 2.75) is 6.92 Å². The standard InChI is InChI=1S/C12H17BrN2O2.ClH/c1-9-7-10(3-4-11(9)13)15-12(16)8-14-5-6-17-2;/h3-4,7,14H,5-6,8H2,1-2H3,(H,15,16);1H. The van der Waals surface area contributed by atoms with Gasteiger partial charge in [0.2, 0.25) is 5.91 Å². The summed E-state index contributed by atoms with van der Waals surface area (Å²) in [7, 11) is 1.63. The van der Waals surface area contributed by atoms with Crippen molar-refractivity contribution in [2.75, 3.05) is 32.1 Å². The van der Waals surface area contributed by atoms with Crippen LogP contribution in [0.15, 0.2) is 22.7 Å². The number of carbonyl (C=O) groups excluding carboxylic acids is 1. The number of rotatable bonds is 6. The molecule has 0 aliphatic rings. The van der Waals surface area contributed by atoms with Crippen molar-refractivity contribution in [1.82, 2.24) is 5.32 Å². The van der Waals surface area contributed by atoms with Gasteiger partial charge in [0.25, 0.3) is 0 Å². The molecule has 1 rings (SSSR count). The van der Waals surface area contributed by atoms with E-state index in [0.717, 1.165) is 15.7 Å². The van der Waals surface area contributed by atoms with Crippen LogP contribution in [0.5, 0.6) is 0 Å². The Labute approximate surface area is 122 Å². The summed E-state index contributed by atoms with van der Waals surface area (Å²) in [6.07, 6.45) is 0. The lowest BCUT2D eigenvalue weighted by molar-refractivity contribution is -0.115. The minimum absolute atomic E-state index is 0. The summed E-state index contributed by atoms with van der Waals surface area (Å²) in [5, 5.41) is 5.81. The second kappa shape index (κ2) is 9.33. The van der Waals surface area contributed by atoms with Gasteiger partial charge in [0.15, 0.2) is 0 Å². The molecule has 0 bridgehead atoms. The number of aryl methyl sites for hydroxylation is 1. The number of benzene rings is 1. The average molecular weight is 338 g/mol. The van der Waals surface area contributed by atoms with Gasteiger partial charge in [0, 0.05) is 23.8 Å². The van der Waals surface area contributed by atoms with Crippen LogP contribution >= 0.6 is 28.3 Å². The number of methoxy groups -OCH3 is 1. The molecule has 0 saturated heterocycles. The normalized spacial score (nSPS) is 9.72. The number of nitrogens with one attached hydrogen (secondary N) is 2. The van der Waals surface area contributed by atoms with E-state index in [4.69, 9.17) is 4.74 Å². The second-order valence-corrected chi connectivity index (χ2v) is 4.54. The lowest BCUT2D eigenvalue weighted by Crippen LogP contribution is -2.30. The minimum atomic E-state index is -0.0529. The summed E-state index contributed by atoms with van der Waals surface area (Å²) in [6.45, 7) is 3.54. The zero-order valence-corrected chi connectivity index (χ0v) is 12.9. The molecule has 2 N–H and O–H groups in total. The Morgan fingerprint density at radius 1 is 1.44 bits per heavy atom. The van der Waals surface area contributed by atoms with Crippen LogP contribution in [-0.2, 0) is 9.53 Å². The third kappa shape index (κ3) is 6.35. The Hall–Kier alpha value is -0.620. The Kier molecular flexibility index (Phi) is 9.01. The molecule has 0 atom stereocenters. The molecule has 0 spiro atoms. The molecule has 0 aliphatic heterocycles. The second-order valence-electron chi connectivity index (χ2n) is 3.68. The molecule has 102 valence electrons. The fraction of sp³-hybridized carbons (Fsp3) is 0.417. The predicted octanol–water partition coefficient (Wildman–Crippen LogP) is 2.35. The van der Waals surface area contributed by atoms with Crippen molar-refractivity contribution in [3.8, 4) is 0 Å². The molecule has 6 heteroatoms. The Balaban J connectivity index is 0.00000289. The summed E-state index contributed by atoms with van der Waals surface area (Å²) >= 11 is 3.42. The molecule has 0 radical (unpaired) electrons. The van der Waals surface area contributed by atoms with Crippen LogP contribution in [0, 0.1) is 6.92 Å². The van der Waals surface area contributed by atoms with Crippen molar-refractivity contribution >= 4 is 39.9 Å². The molecular formula is C12H18BrClN2O2. The third-order valence-electron chi connectivity index (χ3n) is 2.21. The van der Waals surface area contributed by atoms with Crippen LogP contribution in [0.25, 0.3) is 0 Å². The summed E-state index contributed by atoms with van der Waals surface area (Å²) < 4.78 is 5.91. The number of amides is 1. The number of ether oxygens (including phenoxy) is 1. The van der Waals surface area contributed by atoms with E-state index in [0.29, 0.717) is 19.7 Å². The lowest BCUT2D eigenvalue weighted by atomic mass is 10.2. The van der Waals surface area contributed by atoms with Gasteiger partial charge in [0.1, 0.15) is 0 Å². The largest absolute Gasteiger partial charge is 0.383 e. The Morgan fingerprint density at radius 3 is 2.78 bits per heavy atom. The van der Waals surface area contributed by atoms with Gasteiger partial charge in [-0.05, 0) is 30.7 Å². The van der Waals surface area contributed by atoms with Gasteiger partial charge in [-0.3, -0.25) is 4.79 Å². The highest BCUT2D eigenvalue weighted by molar-refractivity contribution is 9.10. The number of hydrogen-bond donors (Lipinski definition) is 2. The number of halogens is 2. The third-order valence-corrected chi connectivity index (χ3v) is 3.10. The van der Waals surface area contributed by atoms with Gasteiger partial charge < -0.3 is 15.4 Å². The minimum Gasteiger partial charge on any atom is -0.383 e. The molecule has 1 aromatic carbocycles. The van der Waals surface area contributed by atoms with E-state index in [2.05, 4.69) is 26.6 Å². The number of hydrogen-bond acceptors (Lipinski definition) is 3. The van der Waals surface area contributed by atoms with Gasteiger partial charge in [-0.2, -0.15) is 0 Å². The van der Waals surface area contributed by atoms with E-state index in [-0.39, 0.29) is 18.3 Å². The van der Waals surface area contributed by atoms with Crippen LogP contribution in [0.3, 0.4) is 0 Å². The van der Waals surface area contributed by atoms with E-state index in [9.17, 15) is 4.79 Å². The summed E-state index contributed by atoms with van der Waals surface area (Å²) in [4.78, 5) is 11.5.